The molecular formula is C14H24N4O2+2. The minimum Gasteiger partial charge on any atom is -0.372 e. The summed E-state index contributed by atoms with van der Waals surface area (Å²) in [5, 5.41) is 7.59. The van der Waals surface area contributed by atoms with Gasteiger partial charge in [0.1, 0.15) is 18.7 Å². The van der Waals surface area contributed by atoms with Crippen molar-refractivity contribution >= 4 is 6.34 Å². The molecule has 2 heterocycles. The number of aromatic nitrogens is 2. The number of nitrogens with one attached hydrogen (secondary N) is 2. The van der Waals surface area contributed by atoms with Crippen molar-refractivity contribution in [2.45, 2.75) is 51.9 Å². The Hall–Kier alpha value is -1.43. The lowest BCUT2D eigenvalue weighted by Gasteiger charge is -2.32. The number of methoxy groups -OCH3 is 1. The molecule has 1 aliphatic carbocycles. The number of hydrogen-bond acceptors (Lipinski definition) is 4. The second-order valence-electron chi connectivity index (χ2n) is 6.18. The van der Waals surface area contributed by atoms with Crippen molar-refractivity contribution < 1.29 is 18.8 Å². The van der Waals surface area contributed by atoms with Crippen molar-refractivity contribution in [3.8, 4) is 0 Å². The third kappa shape index (κ3) is 2.57. The van der Waals surface area contributed by atoms with Gasteiger partial charge in [-0.1, -0.05) is 13.8 Å². The molecule has 0 amide bonds. The van der Waals surface area contributed by atoms with Crippen molar-refractivity contribution in [3.63, 3.8) is 0 Å². The lowest BCUT2D eigenvalue weighted by molar-refractivity contribution is -0.593. The third-order valence-corrected chi connectivity index (χ3v) is 4.71. The van der Waals surface area contributed by atoms with Gasteiger partial charge < -0.3 is 4.74 Å². The van der Waals surface area contributed by atoms with Crippen LogP contribution in [-0.4, -0.2) is 35.3 Å². The molecule has 1 fully saturated rings. The van der Waals surface area contributed by atoms with Gasteiger partial charge in [-0.25, -0.2) is 14.1 Å². The second kappa shape index (κ2) is 5.52. The quantitative estimate of drug-likeness (QED) is 0.820. The number of hydrogen-bond donors (Lipinski definition) is 1. The van der Waals surface area contributed by atoms with Crippen molar-refractivity contribution in [1.82, 2.24) is 10.5 Å². The summed E-state index contributed by atoms with van der Waals surface area (Å²) >= 11 is 0. The van der Waals surface area contributed by atoms with E-state index in [0.717, 1.165) is 24.2 Å². The van der Waals surface area contributed by atoms with E-state index in [0.29, 0.717) is 24.6 Å². The van der Waals surface area contributed by atoms with Crippen molar-refractivity contribution in [3.05, 3.63) is 11.7 Å². The third-order valence-electron chi connectivity index (χ3n) is 4.71. The fourth-order valence-corrected chi connectivity index (χ4v) is 3.31. The number of ether oxygens (including phenoxy) is 1. The van der Waals surface area contributed by atoms with Crippen LogP contribution < -0.4 is 10.3 Å². The van der Waals surface area contributed by atoms with Crippen LogP contribution in [0.1, 0.15) is 38.4 Å². The second-order valence-corrected chi connectivity index (χ2v) is 6.18. The van der Waals surface area contributed by atoms with Crippen LogP contribution in [0.15, 0.2) is 4.52 Å². The first-order valence-electron chi connectivity index (χ1n) is 7.38. The van der Waals surface area contributed by atoms with Gasteiger partial charge in [-0.2, -0.15) is 0 Å². The van der Waals surface area contributed by atoms with Crippen molar-refractivity contribution in [1.29, 1.82) is 0 Å². The molecule has 0 aromatic carbocycles. The van der Waals surface area contributed by atoms with Crippen LogP contribution in [0, 0.1) is 11.8 Å². The average Bonchev–Trinajstić information content (AvgIpc) is 3.00. The van der Waals surface area contributed by atoms with Crippen molar-refractivity contribution in [2.24, 2.45) is 11.8 Å². The van der Waals surface area contributed by atoms with Crippen LogP contribution in [-0.2, 0) is 17.9 Å². The molecule has 6 nitrogen and oxygen atoms in total. The summed E-state index contributed by atoms with van der Waals surface area (Å²) in [4.78, 5) is 3.16. The Labute approximate surface area is 119 Å². The number of rotatable bonds is 4. The molecule has 110 valence electrons. The van der Waals surface area contributed by atoms with E-state index in [1.165, 1.54) is 12.8 Å². The maximum Gasteiger partial charge on any atom is 0.388 e. The molecule has 1 aromatic heterocycles. The minimum absolute atomic E-state index is 0.426. The Morgan fingerprint density at radius 3 is 3.05 bits per heavy atom. The fourth-order valence-electron chi connectivity index (χ4n) is 3.31. The lowest BCUT2D eigenvalue weighted by Crippen LogP contribution is -2.44. The number of fused-ring (bicyclic) bond motifs is 1. The molecule has 1 aromatic rings. The van der Waals surface area contributed by atoms with E-state index in [1.807, 2.05) is 0 Å². The standard InChI is InChI=1S/C14H22N4O2/c1-9-4-11-12(5-10(9)2)18(8-15-11)6-13-16-14(7-19-3)20-17-13/h8-12H,4-7H2,1-3H3/p+2. The van der Waals surface area contributed by atoms with Crippen LogP contribution in [0.25, 0.3) is 0 Å². The molecule has 2 aliphatic rings. The predicted molar refractivity (Wildman–Crippen MR) is 72.1 cm³/mol. The molecule has 0 spiro atoms. The Morgan fingerprint density at radius 1 is 1.45 bits per heavy atom. The van der Waals surface area contributed by atoms with Gasteiger partial charge in [0.15, 0.2) is 11.7 Å². The summed E-state index contributed by atoms with van der Waals surface area (Å²) in [6, 6.07) is 1.14. The van der Waals surface area contributed by atoms with Crippen molar-refractivity contribution in [2.75, 3.05) is 7.11 Å². The van der Waals surface area contributed by atoms with Gasteiger partial charge in [-0.3, -0.25) is 5.32 Å². The topological polar surface area (TPSA) is 64.4 Å². The van der Waals surface area contributed by atoms with E-state index in [4.69, 9.17) is 9.26 Å². The largest absolute Gasteiger partial charge is 0.388 e. The van der Waals surface area contributed by atoms with Crippen LogP contribution in [0.3, 0.4) is 0 Å². The number of nitrogens with zero attached hydrogens (tertiary/aromatic N) is 2. The van der Waals surface area contributed by atoms with Crippen LogP contribution in [0.5, 0.6) is 0 Å². The molecule has 1 aliphatic heterocycles. The summed E-state index contributed by atoms with van der Waals surface area (Å²) in [6.45, 7) is 5.89. The van der Waals surface area contributed by atoms with Gasteiger partial charge in [0.05, 0.1) is 0 Å². The van der Waals surface area contributed by atoms with Crippen LogP contribution in [0.4, 0.5) is 0 Å². The van der Waals surface area contributed by atoms with E-state index in [1.54, 1.807) is 7.11 Å². The molecule has 0 bridgehead atoms. The van der Waals surface area contributed by atoms with Gasteiger partial charge in [0.2, 0.25) is 6.34 Å². The summed E-state index contributed by atoms with van der Waals surface area (Å²) in [5.41, 5.74) is 0. The first kappa shape index (κ1) is 13.5. The molecule has 1 saturated carbocycles. The summed E-state index contributed by atoms with van der Waals surface area (Å²) in [6.07, 6.45) is 4.59. The average molecular weight is 280 g/mol. The number of H-pyrrole nitrogens is 1. The van der Waals surface area contributed by atoms with E-state index in [2.05, 4.69) is 40.2 Å². The van der Waals surface area contributed by atoms with Gasteiger partial charge in [0, 0.05) is 7.11 Å². The molecular weight excluding hydrogens is 256 g/mol. The zero-order valence-corrected chi connectivity index (χ0v) is 12.4. The zero-order chi connectivity index (χ0) is 14.1. The smallest absolute Gasteiger partial charge is 0.372 e. The summed E-state index contributed by atoms with van der Waals surface area (Å²) in [5.74, 6) is 3.08. The molecule has 0 saturated heterocycles. The number of aromatic amines is 1. The van der Waals surface area contributed by atoms with Gasteiger partial charge in [-0.15, -0.1) is 0 Å². The maximum absolute atomic E-state index is 5.20. The molecule has 0 radical (unpaired) electrons. The van der Waals surface area contributed by atoms with E-state index in [9.17, 15) is 0 Å². The van der Waals surface area contributed by atoms with Gasteiger partial charge in [-0.05, 0) is 24.7 Å². The molecule has 3 rings (SSSR count). The molecule has 4 atom stereocenters. The highest BCUT2D eigenvalue weighted by molar-refractivity contribution is 5.51. The normalized spacial score (nSPS) is 32.6. The van der Waals surface area contributed by atoms with E-state index >= 15 is 0 Å². The summed E-state index contributed by atoms with van der Waals surface area (Å²) < 4.78 is 12.6. The van der Waals surface area contributed by atoms with Crippen LogP contribution in [0.2, 0.25) is 0 Å². The highest BCUT2D eigenvalue weighted by atomic mass is 16.5. The predicted octanol–water partition coefficient (Wildman–Crippen LogP) is 0.582. The monoisotopic (exact) mass is 280 g/mol. The molecule has 2 N–H and O–H groups in total. The lowest BCUT2D eigenvalue weighted by atomic mass is 9.76. The highest BCUT2D eigenvalue weighted by Crippen LogP contribution is 2.32. The van der Waals surface area contributed by atoms with E-state index < -0.39 is 0 Å². The first-order valence-corrected chi connectivity index (χ1v) is 7.38. The van der Waals surface area contributed by atoms with Gasteiger partial charge in [0.25, 0.3) is 0 Å². The first-order chi connectivity index (χ1) is 9.67. The highest BCUT2D eigenvalue weighted by Gasteiger charge is 2.43. The Bertz CT molecular complexity index is 499. The molecule has 4 unspecified atom stereocenters. The molecule has 20 heavy (non-hydrogen) atoms. The van der Waals surface area contributed by atoms with E-state index in [-0.39, 0.29) is 0 Å². The SMILES string of the molecule is COCc1[nH+]c(C[N+]2=CNC3CC(C)C(C)CC32)no1. The van der Waals surface area contributed by atoms with Crippen LogP contribution >= 0.6 is 0 Å². The fraction of sp³-hybridized carbons (Fsp3) is 0.786. The van der Waals surface area contributed by atoms with Gasteiger partial charge >= 0.3 is 11.7 Å². The maximum atomic E-state index is 5.20. The Balaban J connectivity index is 1.65. The molecule has 6 heteroatoms. The summed E-state index contributed by atoms with van der Waals surface area (Å²) in [7, 11) is 1.64. The Morgan fingerprint density at radius 2 is 2.25 bits per heavy atom. The minimum atomic E-state index is 0.426. The Kier molecular flexibility index (Phi) is 3.74. The zero-order valence-electron chi connectivity index (χ0n) is 12.4.